The lowest BCUT2D eigenvalue weighted by atomic mass is 9.70. The van der Waals surface area contributed by atoms with Gasteiger partial charge < -0.3 is 29.3 Å². The normalized spacial score (nSPS) is 24.3. The minimum atomic E-state index is -1.27. The van der Waals surface area contributed by atoms with Crippen molar-refractivity contribution in [3.05, 3.63) is 115 Å². The molecule has 3 aromatic carbocycles. The molecular weight excluding hydrogens is 642 g/mol. The van der Waals surface area contributed by atoms with Crippen LogP contribution in [0.1, 0.15) is 25.3 Å². The van der Waals surface area contributed by atoms with Gasteiger partial charge in [-0.25, -0.2) is 0 Å². The fourth-order valence-electron chi connectivity index (χ4n) is 7.92. The molecular formula is C39H42ClN3O6. The van der Waals surface area contributed by atoms with E-state index in [4.69, 9.17) is 21.1 Å². The van der Waals surface area contributed by atoms with Crippen LogP contribution in [0.5, 0.6) is 5.75 Å². The van der Waals surface area contributed by atoms with E-state index in [1.807, 2.05) is 49.4 Å². The summed E-state index contributed by atoms with van der Waals surface area (Å²) < 4.78 is 12.4. The minimum absolute atomic E-state index is 0.166. The van der Waals surface area contributed by atoms with Crippen molar-refractivity contribution in [1.82, 2.24) is 4.90 Å². The lowest BCUT2D eigenvalue weighted by Crippen LogP contribution is -2.59. The Bertz CT molecular complexity index is 1680. The number of likely N-dealkylation sites (tertiary alicyclic amines) is 1. The molecule has 6 atom stereocenters. The van der Waals surface area contributed by atoms with Crippen molar-refractivity contribution >= 4 is 40.7 Å². The number of carbonyl (C=O) groups excluding carboxylic acids is 3. The third kappa shape index (κ3) is 6.27. The van der Waals surface area contributed by atoms with Crippen LogP contribution in [0, 0.1) is 11.8 Å². The molecule has 1 N–H and O–H groups in total. The van der Waals surface area contributed by atoms with Crippen molar-refractivity contribution in [3.8, 4) is 5.75 Å². The standard InChI is InChI=1S/C39H42ClN3O6/c1-4-22-41(29-16-18-31(19-17-29)48-6-3)36(45)33-32-20-21-39(49-32)34(33)37(46)43(30(25-44)24-26-10-8-7-9-11-26)35(39)38(47)42(23-5-2)28-14-12-27(40)13-15-28/h4-5,7-19,30,32-35,44H,1-2,6,20-25H2,3H3/t30-,32-,33+,34+,35?,39?/m1/s1. The molecule has 2 bridgehead atoms. The third-order valence-corrected chi connectivity index (χ3v) is 10.2. The summed E-state index contributed by atoms with van der Waals surface area (Å²) in [6, 6.07) is 21.8. The van der Waals surface area contributed by atoms with Crippen LogP contribution in [0.3, 0.4) is 0 Å². The summed E-state index contributed by atoms with van der Waals surface area (Å²) in [6.45, 7) is 10.2. The molecule has 9 nitrogen and oxygen atoms in total. The van der Waals surface area contributed by atoms with Crippen LogP contribution in [0.15, 0.2) is 104 Å². The Labute approximate surface area is 292 Å². The number of aliphatic hydroxyl groups excluding tert-OH is 1. The zero-order chi connectivity index (χ0) is 34.7. The van der Waals surface area contributed by atoms with Gasteiger partial charge in [0.1, 0.15) is 17.4 Å². The van der Waals surface area contributed by atoms with Crippen LogP contribution in [-0.4, -0.2) is 77.8 Å². The first-order valence-electron chi connectivity index (χ1n) is 16.8. The maximum Gasteiger partial charge on any atom is 0.253 e. The van der Waals surface area contributed by atoms with Gasteiger partial charge in [0, 0.05) is 29.5 Å². The average Bonchev–Trinajstić information content (AvgIpc) is 3.77. The van der Waals surface area contributed by atoms with Crippen LogP contribution < -0.4 is 14.5 Å². The first kappa shape index (κ1) is 34.4. The van der Waals surface area contributed by atoms with Crippen LogP contribution in [-0.2, 0) is 25.5 Å². The largest absolute Gasteiger partial charge is 0.494 e. The molecule has 3 amide bonds. The van der Waals surface area contributed by atoms with E-state index in [1.165, 1.54) is 4.90 Å². The molecule has 3 aromatic rings. The van der Waals surface area contributed by atoms with E-state index in [1.54, 1.807) is 58.4 Å². The Balaban J connectivity index is 1.42. The number of rotatable bonds is 14. The van der Waals surface area contributed by atoms with E-state index in [9.17, 15) is 19.5 Å². The first-order valence-corrected chi connectivity index (χ1v) is 17.1. The molecule has 0 saturated carbocycles. The number of amides is 3. The molecule has 3 aliphatic heterocycles. The van der Waals surface area contributed by atoms with Gasteiger partial charge in [-0.2, -0.15) is 0 Å². The third-order valence-electron chi connectivity index (χ3n) is 9.93. The van der Waals surface area contributed by atoms with Gasteiger partial charge in [-0.1, -0.05) is 54.1 Å². The molecule has 3 heterocycles. The Morgan fingerprint density at radius 2 is 1.61 bits per heavy atom. The van der Waals surface area contributed by atoms with Crippen molar-refractivity contribution in [1.29, 1.82) is 0 Å². The minimum Gasteiger partial charge on any atom is -0.494 e. The molecule has 3 aliphatic rings. The molecule has 0 aromatic heterocycles. The van der Waals surface area contributed by atoms with Crippen LogP contribution in [0.2, 0.25) is 5.02 Å². The zero-order valence-corrected chi connectivity index (χ0v) is 28.4. The van der Waals surface area contributed by atoms with Crippen LogP contribution >= 0.6 is 11.6 Å². The Kier molecular flexibility index (Phi) is 10.2. The number of anilines is 2. The summed E-state index contributed by atoms with van der Waals surface area (Å²) in [5.41, 5.74) is 0.852. The summed E-state index contributed by atoms with van der Waals surface area (Å²) in [4.78, 5) is 49.2. The van der Waals surface area contributed by atoms with Gasteiger partial charge in [-0.05, 0) is 80.3 Å². The number of fused-ring (bicyclic) bond motifs is 1. The number of benzene rings is 3. The summed E-state index contributed by atoms with van der Waals surface area (Å²) in [5, 5.41) is 11.4. The summed E-state index contributed by atoms with van der Waals surface area (Å²) in [6.07, 6.45) is 3.96. The maximum absolute atomic E-state index is 15.0. The summed E-state index contributed by atoms with van der Waals surface area (Å²) >= 11 is 6.19. The van der Waals surface area contributed by atoms with Gasteiger partial charge in [0.15, 0.2) is 0 Å². The first-order chi connectivity index (χ1) is 23.8. The van der Waals surface area contributed by atoms with E-state index in [0.29, 0.717) is 48.0 Å². The molecule has 49 heavy (non-hydrogen) atoms. The van der Waals surface area contributed by atoms with Crippen molar-refractivity contribution < 1.29 is 29.0 Å². The number of nitrogens with zero attached hydrogens (tertiary/aromatic N) is 3. The van der Waals surface area contributed by atoms with E-state index in [0.717, 1.165) is 5.56 Å². The molecule has 1 spiro atoms. The molecule has 3 fully saturated rings. The molecule has 2 unspecified atom stereocenters. The highest BCUT2D eigenvalue weighted by Crippen LogP contribution is 2.59. The van der Waals surface area contributed by atoms with Gasteiger partial charge in [0.05, 0.1) is 37.2 Å². The quantitative estimate of drug-likeness (QED) is 0.227. The Morgan fingerprint density at radius 1 is 1.00 bits per heavy atom. The van der Waals surface area contributed by atoms with Crippen molar-refractivity contribution in [2.45, 2.75) is 50.0 Å². The molecule has 0 aliphatic carbocycles. The topological polar surface area (TPSA) is 99.6 Å². The molecule has 256 valence electrons. The highest BCUT2D eigenvalue weighted by atomic mass is 35.5. The average molecular weight is 684 g/mol. The monoisotopic (exact) mass is 683 g/mol. The number of aliphatic hydroxyl groups is 1. The van der Waals surface area contributed by atoms with Crippen LogP contribution in [0.25, 0.3) is 0 Å². The summed E-state index contributed by atoms with van der Waals surface area (Å²) in [7, 11) is 0. The van der Waals surface area contributed by atoms with Gasteiger partial charge in [0.2, 0.25) is 11.8 Å². The highest BCUT2D eigenvalue weighted by molar-refractivity contribution is 6.30. The number of ether oxygens (including phenoxy) is 2. The second-order valence-corrected chi connectivity index (χ2v) is 13.1. The van der Waals surface area contributed by atoms with Gasteiger partial charge >= 0.3 is 0 Å². The molecule has 3 saturated heterocycles. The maximum atomic E-state index is 15.0. The predicted octanol–water partition coefficient (Wildman–Crippen LogP) is 5.46. The number of carbonyl (C=O) groups is 3. The van der Waals surface area contributed by atoms with E-state index in [-0.39, 0.29) is 37.4 Å². The van der Waals surface area contributed by atoms with Gasteiger partial charge in [-0.15, -0.1) is 13.2 Å². The lowest BCUT2D eigenvalue weighted by Gasteiger charge is -2.39. The lowest BCUT2D eigenvalue weighted by molar-refractivity contribution is -0.144. The van der Waals surface area contributed by atoms with Crippen molar-refractivity contribution in [3.63, 3.8) is 0 Å². The van der Waals surface area contributed by atoms with E-state index >= 15 is 0 Å². The SMILES string of the molecule is C=CCN(C(=O)C1N([C@@H](CO)Cc2ccccc2)C(=O)[C@@H]2[C@@H](C(=O)N(CC=C)c3ccc(OCC)cc3)[C@H]3CCC12O3)c1ccc(Cl)cc1. The predicted molar refractivity (Wildman–Crippen MR) is 190 cm³/mol. The second-order valence-electron chi connectivity index (χ2n) is 12.7. The summed E-state index contributed by atoms with van der Waals surface area (Å²) in [5.74, 6) is -2.09. The van der Waals surface area contributed by atoms with Crippen molar-refractivity contribution in [2.24, 2.45) is 11.8 Å². The Morgan fingerprint density at radius 3 is 2.20 bits per heavy atom. The molecule has 6 rings (SSSR count). The Hall–Kier alpha value is -4.44. The second kappa shape index (κ2) is 14.6. The van der Waals surface area contributed by atoms with E-state index in [2.05, 4.69) is 13.2 Å². The molecule has 0 radical (unpaired) electrons. The van der Waals surface area contributed by atoms with E-state index < -0.39 is 35.6 Å². The fraction of sp³-hybridized carbons (Fsp3) is 0.359. The number of hydrogen-bond acceptors (Lipinski definition) is 6. The molecule has 10 heteroatoms. The number of halogens is 1. The van der Waals surface area contributed by atoms with Gasteiger partial charge in [-0.3, -0.25) is 14.4 Å². The van der Waals surface area contributed by atoms with Crippen LogP contribution in [0.4, 0.5) is 11.4 Å². The zero-order valence-electron chi connectivity index (χ0n) is 27.6. The smallest absolute Gasteiger partial charge is 0.253 e. The highest BCUT2D eigenvalue weighted by Gasteiger charge is 2.75. The van der Waals surface area contributed by atoms with Crippen molar-refractivity contribution in [2.75, 3.05) is 36.1 Å². The number of hydrogen-bond donors (Lipinski definition) is 1. The fourth-order valence-corrected chi connectivity index (χ4v) is 8.05. The van der Waals surface area contributed by atoms with Gasteiger partial charge in [0.25, 0.3) is 5.91 Å².